The van der Waals surface area contributed by atoms with Crippen LogP contribution in [0.2, 0.25) is 0 Å². The highest BCUT2D eigenvalue weighted by Gasteiger charge is 2.28. The predicted molar refractivity (Wildman–Crippen MR) is 139 cm³/mol. The van der Waals surface area contributed by atoms with Gasteiger partial charge in [-0.25, -0.2) is 9.78 Å². The quantitative estimate of drug-likeness (QED) is 0.338. The molecule has 0 aliphatic carbocycles. The van der Waals surface area contributed by atoms with Gasteiger partial charge < -0.3 is 16.0 Å². The molecule has 0 radical (unpaired) electrons. The molecule has 10 nitrogen and oxygen atoms in total. The number of nitrogens with one attached hydrogen (secondary N) is 3. The Bertz CT molecular complexity index is 1500. The summed E-state index contributed by atoms with van der Waals surface area (Å²) < 4.78 is 2.04. The van der Waals surface area contributed by atoms with Crippen LogP contribution in [-0.4, -0.2) is 51.3 Å². The zero-order valence-electron chi connectivity index (χ0n) is 20.0. The fraction of sp³-hybridized carbons (Fsp3) is 0.148. The molecule has 1 aliphatic heterocycles. The van der Waals surface area contributed by atoms with E-state index < -0.39 is 6.03 Å². The lowest BCUT2D eigenvalue weighted by atomic mass is 10.1. The molecule has 0 atom stereocenters. The number of benzene rings is 3. The number of imide groups is 1. The average Bonchev–Trinajstić information content (AvgIpc) is 3.40. The van der Waals surface area contributed by atoms with Crippen molar-refractivity contribution >= 4 is 46.2 Å². The molecular weight excluding hydrogens is 472 g/mol. The van der Waals surface area contributed by atoms with Gasteiger partial charge in [0.05, 0.1) is 17.6 Å². The summed E-state index contributed by atoms with van der Waals surface area (Å²) in [5, 5.41) is 7.98. The second-order valence-electron chi connectivity index (χ2n) is 8.57. The SMILES string of the molecule is Cc1nc2cc(C(=O)Nc3ccc(NC(=O)CCN4C(=O)CNC4=O)cc3)ccc2n1-c1ccccc1. The molecule has 1 aromatic heterocycles. The maximum atomic E-state index is 12.9. The van der Waals surface area contributed by atoms with Crippen molar-refractivity contribution in [2.45, 2.75) is 13.3 Å². The Morgan fingerprint density at radius 3 is 2.32 bits per heavy atom. The third kappa shape index (κ3) is 5.03. The van der Waals surface area contributed by atoms with Crippen LogP contribution in [0.3, 0.4) is 0 Å². The molecule has 0 bridgehead atoms. The monoisotopic (exact) mass is 496 g/mol. The number of carbonyl (C=O) groups is 4. The van der Waals surface area contributed by atoms with Crippen LogP contribution in [0.25, 0.3) is 16.7 Å². The van der Waals surface area contributed by atoms with Gasteiger partial charge in [0.15, 0.2) is 0 Å². The lowest BCUT2D eigenvalue weighted by Crippen LogP contribution is -2.33. The molecule has 4 aromatic rings. The van der Waals surface area contributed by atoms with Crippen LogP contribution >= 0.6 is 0 Å². The molecule has 5 rings (SSSR count). The van der Waals surface area contributed by atoms with Gasteiger partial charge in [-0.05, 0) is 61.5 Å². The van der Waals surface area contributed by atoms with Gasteiger partial charge in [0.2, 0.25) is 11.8 Å². The van der Waals surface area contributed by atoms with Gasteiger partial charge in [-0.1, -0.05) is 18.2 Å². The number of carbonyl (C=O) groups excluding carboxylic acids is 4. The third-order valence-electron chi connectivity index (χ3n) is 6.02. The van der Waals surface area contributed by atoms with Crippen LogP contribution < -0.4 is 16.0 Å². The Hall–Kier alpha value is -4.99. The number of aromatic nitrogens is 2. The molecule has 1 fully saturated rings. The highest BCUT2D eigenvalue weighted by atomic mass is 16.2. The maximum Gasteiger partial charge on any atom is 0.324 e. The summed E-state index contributed by atoms with van der Waals surface area (Å²) >= 11 is 0. The fourth-order valence-corrected chi connectivity index (χ4v) is 4.20. The number of nitrogens with zero attached hydrogens (tertiary/aromatic N) is 3. The first-order valence-electron chi connectivity index (χ1n) is 11.7. The van der Waals surface area contributed by atoms with Crippen LogP contribution in [-0.2, 0) is 9.59 Å². The Kier molecular flexibility index (Phi) is 6.38. The fourth-order valence-electron chi connectivity index (χ4n) is 4.20. The first kappa shape index (κ1) is 23.7. The van der Waals surface area contributed by atoms with Crippen LogP contribution in [0.5, 0.6) is 0 Å². The van der Waals surface area contributed by atoms with E-state index in [9.17, 15) is 19.2 Å². The van der Waals surface area contributed by atoms with E-state index >= 15 is 0 Å². The van der Waals surface area contributed by atoms with Crippen LogP contribution in [0.15, 0.2) is 72.8 Å². The minimum atomic E-state index is -0.489. The lowest BCUT2D eigenvalue weighted by Gasteiger charge is -2.12. The summed E-state index contributed by atoms with van der Waals surface area (Å²) in [7, 11) is 0. The second-order valence-corrected chi connectivity index (χ2v) is 8.57. The first-order valence-corrected chi connectivity index (χ1v) is 11.7. The highest BCUT2D eigenvalue weighted by Crippen LogP contribution is 2.23. The van der Waals surface area contributed by atoms with Gasteiger partial charge in [0, 0.05) is 35.6 Å². The average molecular weight is 497 g/mol. The molecule has 2 heterocycles. The van der Waals surface area contributed by atoms with E-state index in [1.807, 2.05) is 47.9 Å². The van der Waals surface area contributed by atoms with E-state index in [-0.39, 0.29) is 37.2 Å². The van der Waals surface area contributed by atoms with Gasteiger partial charge in [0.1, 0.15) is 5.82 Å². The predicted octanol–water partition coefficient (Wildman–Crippen LogP) is 3.47. The minimum Gasteiger partial charge on any atom is -0.329 e. The van der Waals surface area contributed by atoms with Crippen molar-refractivity contribution in [2.75, 3.05) is 23.7 Å². The molecule has 10 heteroatoms. The maximum absolute atomic E-state index is 12.9. The molecule has 1 saturated heterocycles. The smallest absolute Gasteiger partial charge is 0.324 e. The Morgan fingerprint density at radius 1 is 0.946 bits per heavy atom. The van der Waals surface area contributed by atoms with Gasteiger partial charge >= 0.3 is 6.03 Å². The molecule has 0 spiro atoms. The number of rotatable bonds is 7. The lowest BCUT2D eigenvalue weighted by molar-refractivity contribution is -0.125. The third-order valence-corrected chi connectivity index (χ3v) is 6.02. The molecular formula is C27H24N6O4. The van der Waals surface area contributed by atoms with Gasteiger partial charge in [-0.15, -0.1) is 0 Å². The number of imidazole rings is 1. The van der Waals surface area contributed by atoms with Gasteiger partial charge in [0.25, 0.3) is 5.91 Å². The van der Waals surface area contributed by atoms with Gasteiger partial charge in [-0.2, -0.15) is 0 Å². The summed E-state index contributed by atoms with van der Waals surface area (Å²) in [5.74, 6) is -0.134. The molecule has 37 heavy (non-hydrogen) atoms. The Morgan fingerprint density at radius 2 is 1.65 bits per heavy atom. The number of anilines is 2. The van der Waals surface area contributed by atoms with E-state index in [4.69, 9.17) is 0 Å². The van der Waals surface area contributed by atoms with Crippen molar-refractivity contribution in [3.05, 3.63) is 84.2 Å². The van der Waals surface area contributed by atoms with E-state index in [1.54, 1.807) is 36.4 Å². The van der Waals surface area contributed by atoms with E-state index in [0.29, 0.717) is 16.9 Å². The zero-order valence-corrected chi connectivity index (χ0v) is 20.0. The second kappa shape index (κ2) is 9.94. The van der Waals surface area contributed by atoms with Crippen molar-refractivity contribution < 1.29 is 19.2 Å². The molecule has 3 aromatic carbocycles. The standard InChI is InChI=1S/C27H24N6O4/c1-17-29-22-15-18(7-12-23(22)33(17)21-5-3-2-4-6-21)26(36)31-20-10-8-19(9-11-20)30-24(34)13-14-32-25(35)16-28-27(32)37/h2-12,15H,13-14,16H2,1H3,(H,28,37)(H,30,34)(H,31,36). The number of fused-ring (bicyclic) bond motifs is 1. The summed E-state index contributed by atoms with van der Waals surface area (Å²) in [6, 6.07) is 21.5. The van der Waals surface area contributed by atoms with E-state index in [1.165, 1.54) is 0 Å². The summed E-state index contributed by atoms with van der Waals surface area (Å²) in [6.45, 7) is 1.89. The zero-order chi connectivity index (χ0) is 25.9. The Balaban J connectivity index is 1.21. The topological polar surface area (TPSA) is 125 Å². The summed E-state index contributed by atoms with van der Waals surface area (Å²) in [4.78, 5) is 53.8. The normalized spacial score (nSPS) is 13.1. The number of aryl methyl sites for hydroxylation is 1. The molecule has 5 amide bonds. The van der Waals surface area contributed by atoms with Crippen LogP contribution in [0, 0.1) is 6.92 Å². The van der Waals surface area contributed by atoms with Crippen molar-refractivity contribution in [1.29, 1.82) is 0 Å². The van der Waals surface area contributed by atoms with E-state index in [2.05, 4.69) is 20.9 Å². The van der Waals surface area contributed by atoms with Crippen molar-refractivity contribution in [3.63, 3.8) is 0 Å². The van der Waals surface area contributed by atoms with Gasteiger partial charge in [-0.3, -0.25) is 23.9 Å². The van der Waals surface area contributed by atoms with Crippen molar-refractivity contribution in [3.8, 4) is 5.69 Å². The number of urea groups is 1. The number of hydrogen-bond acceptors (Lipinski definition) is 5. The van der Waals surface area contributed by atoms with Crippen molar-refractivity contribution in [2.24, 2.45) is 0 Å². The minimum absolute atomic E-state index is 0.0120. The summed E-state index contributed by atoms with van der Waals surface area (Å²) in [5.41, 5.74) is 4.21. The molecule has 0 unspecified atom stereocenters. The van der Waals surface area contributed by atoms with Crippen LogP contribution in [0.4, 0.5) is 16.2 Å². The molecule has 186 valence electrons. The number of amides is 5. The largest absolute Gasteiger partial charge is 0.329 e. The first-order chi connectivity index (χ1) is 17.9. The summed E-state index contributed by atoms with van der Waals surface area (Å²) in [6.07, 6.45) is -0.0143. The molecule has 3 N–H and O–H groups in total. The highest BCUT2D eigenvalue weighted by molar-refractivity contribution is 6.06. The van der Waals surface area contributed by atoms with Crippen LogP contribution in [0.1, 0.15) is 22.6 Å². The van der Waals surface area contributed by atoms with E-state index in [0.717, 1.165) is 27.4 Å². The number of para-hydroxylation sites is 1. The Labute approximate surface area is 212 Å². The molecule has 0 saturated carbocycles. The van der Waals surface area contributed by atoms with Crippen molar-refractivity contribution in [1.82, 2.24) is 19.8 Å². The molecule has 1 aliphatic rings. The number of hydrogen-bond donors (Lipinski definition) is 3.